The second-order valence-corrected chi connectivity index (χ2v) is 4.38. The number of rotatable bonds is 4. The number of benzene rings is 2. The molecule has 0 fully saturated rings. The fraction of sp³-hybridized carbons (Fsp3) is 0.0625. The van der Waals surface area contributed by atoms with Crippen LogP contribution in [-0.2, 0) is 0 Å². The highest BCUT2D eigenvalue weighted by Crippen LogP contribution is 2.26. The molecule has 0 heterocycles. The number of methoxy groups -OCH3 is 1. The smallest absolute Gasteiger partial charge is 0.194 e. The van der Waals surface area contributed by atoms with Crippen LogP contribution in [0.1, 0.15) is 15.9 Å². The van der Waals surface area contributed by atoms with Gasteiger partial charge >= 0.3 is 0 Å². The van der Waals surface area contributed by atoms with Gasteiger partial charge in [-0.15, -0.1) is 0 Å². The van der Waals surface area contributed by atoms with Crippen molar-refractivity contribution in [2.24, 2.45) is 0 Å². The summed E-state index contributed by atoms with van der Waals surface area (Å²) in [7, 11) is 1.37. The Balaban J connectivity index is 2.25. The summed E-state index contributed by atoms with van der Waals surface area (Å²) in [4.78, 5) is 11.8. The van der Waals surface area contributed by atoms with Crippen molar-refractivity contribution in [3.63, 3.8) is 0 Å². The van der Waals surface area contributed by atoms with Crippen LogP contribution < -0.4 is 4.74 Å². The minimum atomic E-state index is -1.62. The minimum absolute atomic E-state index is 0.0614. The van der Waals surface area contributed by atoms with Crippen LogP contribution in [0.3, 0.4) is 0 Å². The Hall–Kier alpha value is -2.76. The van der Waals surface area contributed by atoms with Gasteiger partial charge < -0.3 is 9.84 Å². The van der Waals surface area contributed by atoms with Gasteiger partial charge in [-0.2, -0.15) is 0 Å². The standard InChI is InChI=1S/C16H11F3O3/c1-22-15-6-9(3-5-14(15)21)2-4-13(20)10-7-11(17)16(19)12(18)8-10/h2-8,21H,1H3/b4-2+. The molecule has 2 aromatic carbocycles. The molecule has 0 radical (unpaired) electrons. The van der Waals surface area contributed by atoms with Crippen molar-refractivity contribution >= 4 is 11.9 Å². The largest absolute Gasteiger partial charge is 0.504 e. The average Bonchev–Trinajstić information content (AvgIpc) is 2.50. The number of carbonyl (C=O) groups is 1. The average molecular weight is 308 g/mol. The van der Waals surface area contributed by atoms with E-state index in [4.69, 9.17) is 4.74 Å². The lowest BCUT2D eigenvalue weighted by Crippen LogP contribution is -2.00. The van der Waals surface area contributed by atoms with E-state index in [0.29, 0.717) is 17.7 Å². The predicted molar refractivity (Wildman–Crippen MR) is 74.3 cm³/mol. The second-order valence-electron chi connectivity index (χ2n) is 4.38. The molecule has 2 rings (SSSR count). The summed E-state index contributed by atoms with van der Waals surface area (Å²) in [5.74, 6) is -5.01. The number of phenols is 1. The molecule has 0 aromatic heterocycles. The fourth-order valence-corrected chi connectivity index (χ4v) is 1.76. The van der Waals surface area contributed by atoms with Crippen LogP contribution in [0, 0.1) is 17.5 Å². The van der Waals surface area contributed by atoms with Crippen molar-refractivity contribution in [2.45, 2.75) is 0 Å². The number of phenolic OH excluding ortho intramolecular Hbond substituents is 1. The van der Waals surface area contributed by atoms with E-state index >= 15 is 0 Å². The third-order valence-electron chi connectivity index (χ3n) is 2.90. The van der Waals surface area contributed by atoms with Crippen molar-refractivity contribution in [1.82, 2.24) is 0 Å². The highest BCUT2D eigenvalue weighted by atomic mass is 19.2. The number of aromatic hydroxyl groups is 1. The number of hydrogen-bond donors (Lipinski definition) is 1. The maximum Gasteiger partial charge on any atom is 0.194 e. The molecule has 0 unspecified atom stereocenters. The summed E-state index contributed by atoms with van der Waals surface area (Å²) in [6, 6.07) is 5.63. The summed E-state index contributed by atoms with van der Waals surface area (Å²) in [5.41, 5.74) is 0.226. The first-order valence-electron chi connectivity index (χ1n) is 6.16. The summed E-state index contributed by atoms with van der Waals surface area (Å²) in [6.07, 6.45) is 2.46. The molecule has 3 nitrogen and oxygen atoms in total. The van der Waals surface area contributed by atoms with Crippen molar-refractivity contribution in [3.05, 3.63) is 65.0 Å². The van der Waals surface area contributed by atoms with Gasteiger partial charge in [-0.05, 0) is 35.9 Å². The third kappa shape index (κ3) is 3.28. The Morgan fingerprint density at radius 3 is 2.36 bits per heavy atom. The van der Waals surface area contributed by atoms with E-state index in [-0.39, 0.29) is 17.1 Å². The Morgan fingerprint density at radius 1 is 1.14 bits per heavy atom. The summed E-state index contributed by atoms with van der Waals surface area (Å²) in [5, 5.41) is 9.44. The summed E-state index contributed by atoms with van der Waals surface area (Å²) >= 11 is 0. The molecule has 0 atom stereocenters. The maximum atomic E-state index is 13.1. The van der Waals surface area contributed by atoms with Gasteiger partial charge in [-0.3, -0.25) is 4.79 Å². The SMILES string of the molecule is COc1cc(/C=C/C(=O)c2cc(F)c(F)c(F)c2)ccc1O. The molecule has 22 heavy (non-hydrogen) atoms. The fourth-order valence-electron chi connectivity index (χ4n) is 1.76. The van der Waals surface area contributed by atoms with Crippen LogP contribution in [0.4, 0.5) is 13.2 Å². The van der Waals surface area contributed by atoms with Gasteiger partial charge in [0.05, 0.1) is 7.11 Å². The van der Waals surface area contributed by atoms with Gasteiger partial charge in [0.1, 0.15) is 0 Å². The molecule has 114 valence electrons. The summed E-state index contributed by atoms with van der Waals surface area (Å²) in [6.45, 7) is 0. The zero-order valence-corrected chi connectivity index (χ0v) is 11.4. The topological polar surface area (TPSA) is 46.5 Å². The molecule has 0 aliphatic carbocycles. The van der Waals surface area contributed by atoms with E-state index in [2.05, 4.69) is 0 Å². The van der Waals surface area contributed by atoms with Gasteiger partial charge in [0, 0.05) is 5.56 Å². The lowest BCUT2D eigenvalue weighted by molar-refractivity contribution is 0.104. The van der Waals surface area contributed by atoms with E-state index in [1.165, 1.54) is 31.4 Å². The Labute approximate surface area is 124 Å². The van der Waals surface area contributed by atoms with Crippen LogP contribution >= 0.6 is 0 Å². The zero-order valence-electron chi connectivity index (χ0n) is 11.4. The van der Waals surface area contributed by atoms with E-state index in [9.17, 15) is 23.1 Å². The number of hydrogen-bond acceptors (Lipinski definition) is 3. The van der Waals surface area contributed by atoms with Gasteiger partial charge in [-0.25, -0.2) is 13.2 Å². The normalized spacial score (nSPS) is 10.9. The molecule has 0 amide bonds. The van der Waals surface area contributed by atoms with Crippen LogP contribution in [0.2, 0.25) is 0 Å². The third-order valence-corrected chi connectivity index (χ3v) is 2.90. The minimum Gasteiger partial charge on any atom is -0.504 e. The van der Waals surface area contributed by atoms with Gasteiger partial charge in [0.2, 0.25) is 0 Å². The molecule has 1 N–H and O–H groups in total. The lowest BCUT2D eigenvalue weighted by atomic mass is 10.1. The Bertz CT molecular complexity index is 731. The number of carbonyl (C=O) groups excluding carboxylic acids is 1. The van der Waals surface area contributed by atoms with Crippen molar-refractivity contribution in [2.75, 3.05) is 7.11 Å². The van der Waals surface area contributed by atoms with Gasteiger partial charge in [-0.1, -0.05) is 12.1 Å². The van der Waals surface area contributed by atoms with Crippen molar-refractivity contribution in [1.29, 1.82) is 0 Å². The van der Waals surface area contributed by atoms with E-state index in [1.54, 1.807) is 0 Å². The highest BCUT2D eigenvalue weighted by Gasteiger charge is 2.13. The van der Waals surface area contributed by atoms with E-state index < -0.39 is 23.2 Å². The van der Waals surface area contributed by atoms with Crippen molar-refractivity contribution < 1.29 is 27.8 Å². The molecule has 0 aliphatic rings. The maximum absolute atomic E-state index is 13.1. The number of ketones is 1. The molecule has 6 heteroatoms. The number of ether oxygens (including phenoxy) is 1. The first kappa shape index (κ1) is 15.6. The first-order valence-corrected chi connectivity index (χ1v) is 6.16. The molecule has 0 bridgehead atoms. The number of allylic oxidation sites excluding steroid dienone is 1. The molecular weight excluding hydrogens is 297 g/mol. The summed E-state index contributed by atoms with van der Waals surface area (Å²) < 4.78 is 43.9. The molecule has 0 spiro atoms. The first-order chi connectivity index (χ1) is 10.4. The molecule has 0 saturated heterocycles. The zero-order chi connectivity index (χ0) is 16.3. The Kier molecular flexibility index (Phi) is 4.50. The number of halogens is 3. The second kappa shape index (κ2) is 6.34. The highest BCUT2D eigenvalue weighted by molar-refractivity contribution is 6.06. The van der Waals surface area contributed by atoms with E-state index in [0.717, 1.165) is 6.08 Å². The predicted octanol–water partition coefficient (Wildman–Crippen LogP) is 3.71. The molecular formula is C16H11F3O3. The Morgan fingerprint density at radius 2 is 1.77 bits per heavy atom. The quantitative estimate of drug-likeness (QED) is 0.532. The molecule has 2 aromatic rings. The lowest BCUT2D eigenvalue weighted by Gasteiger charge is -2.03. The van der Waals surface area contributed by atoms with Crippen LogP contribution in [-0.4, -0.2) is 18.0 Å². The van der Waals surface area contributed by atoms with E-state index in [1.807, 2.05) is 0 Å². The van der Waals surface area contributed by atoms with Crippen LogP contribution in [0.15, 0.2) is 36.4 Å². The van der Waals surface area contributed by atoms with Gasteiger partial charge in [0.25, 0.3) is 0 Å². The van der Waals surface area contributed by atoms with Crippen LogP contribution in [0.25, 0.3) is 6.08 Å². The van der Waals surface area contributed by atoms with Crippen LogP contribution in [0.5, 0.6) is 11.5 Å². The molecule has 0 aliphatic heterocycles. The van der Waals surface area contributed by atoms with Crippen molar-refractivity contribution in [3.8, 4) is 11.5 Å². The molecule has 0 saturated carbocycles. The van der Waals surface area contributed by atoms with Gasteiger partial charge in [0.15, 0.2) is 34.7 Å². The monoisotopic (exact) mass is 308 g/mol.